The fraction of sp³-hybridized carbons (Fsp3) is 0.261. The SMILES string of the molecule is Cc1ccc(Cl)c(C(=O)c2c[nH]c(C(=O)Cc3ccc(N4CCNCC4)nc3)c2)c1F. The molecule has 0 aliphatic carbocycles. The van der Waals surface area contributed by atoms with Crippen LogP contribution in [-0.2, 0) is 6.42 Å². The lowest BCUT2D eigenvalue weighted by Crippen LogP contribution is -2.43. The van der Waals surface area contributed by atoms with Crippen LogP contribution >= 0.6 is 11.6 Å². The lowest BCUT2D eigenvalue weighted by atomic mass is 10.0. The van der Waals surface area contributed by atoms with Gasteiger partial charge in [-0.25, -0.2) is 9.37 Å². The number of aromatic nitrogens is 2. The van der Waals surface area contributed by atoms with Gasteiger partial charge in [0.15, 0.2) is 11.6 Å². The van der Waals surface area contributed by atoms with Crippen molar-refractivity contribution >= 4 is 29.0 Å². The predicted octanol–water partition coefficient (Wildman–Crippen LogP) is 3.58. The first-order valence-corrected chi connectivity index (χ1v) is 10.4. The van der Waals surface area contributed by atoms with Gasteiger partial charge >= 0.3 is 0 Å². The number of aromatic amines is 1. The monoisotopic (exact) mass is 440 g/mol. The van der Waals surface area contributed by atoms with Crippen LogP contribution in [-0.4, -0.2) is 47.7 Å². The van der Waals surface area contributed by atoms with E-state index < -0.39 is 11.6 Å². The maximum atomic E-state index is 14.4. The zero-order chi connectivity index (χ0) is 22.0. The van der Waals surface area contributed by atoms with Gasteiger partial charge in [-0.3, -0.25) is 9.59 Å². The Morgan fingerprint density at radius 3 is 2.68 bits per heavy atom. The van der Waals surface area contributed by atoms with Crippen molar-refractivity contribution in [2.45, 2.75) is 13.3 Å². The summed E-state index contributed by atoms with van der Waals surface area (Å²) in [5.41, 5.74) is 1.38. The molecule has 31 heavy (non-hydrogen) atoms. The first-order valence-electron chi connectivity index (χ1n) is 10.1. The van der Waals surface area contributed by atoms with Crippen LogP contribution < -0.4 is 10.2 Å². The van der Waals surface area contributed by atoms with Crippen molar-refractivity contribution in [2.75, 3.05) is 31.1 Å². The summed E-state index contributed by atoms with van der Waals surface area (Å²) in [6.07, 6.45) is 3.24. The Balaban J connectivity index is 1.46. The van der Waals surface area contributed by atoms with E-state index in [0.717, 1.165) is 37.6 Å². The average molecular weight is 441 g/mol. The molecule has 0 atom stereocenters. The first kappa shape index (κ1) is 21.2. The number of piperazine rings is 1. The van der Waals surface area contributed by atoms with E-state index >= 15 is 0 Å². The molecule has 2 N–H and O–H groups in total. The van der Waals surface area contributed by atoms with Crippen LogP contribution in [0.15, 0.2) is 42.7 Å². The number of carbonyl (C=O) groups is 2. The smallest absolute Gasteiger partial charge is 0.199 e. The third-order valence-electron chi connectivity index (χ3n) is 5.37. The zero-order valence-electron chi connectivity index (χ0n) is 17.0. The molecule has 0 amide bonds. The molecule has 6 nitrogen and oxygen atoms in total. The van der Waals surface area contributed by atoms with Crippen molar-refractivity contribution in [3.05, 3.63) is 81.5 Å². The van der Waals surface area contributed by atoms with Gasteiger partial charge < -0.3 is 15.2 Å². The average Bonchev–Trinajstić information content (AvgIpc) is 3.28. The van der Waals surface area contributed by atoms with Gasteiger partial charge in [-0.15, -0.1) is 0 Å². The summed E-state index contributed by atoms with van der Waals surface area (Å²) in [4.78, 5) is 34.9. The maximum absolute atomic E-state index is 14.4. The van der Waals surface area contributed by atoms with Crippen LogP contribution in [0.25, 0.3) is 0 Å². The number of carbonyl (C=O) groups excluding carboxylic acids is 2. The van der Waals surface area contributed by atoms with Gasteiger partial charge in [0.1, 0.15) is 11.6 Å². The van der Waals surface area contributed by atoms with E-state index in [1.54, 1.807) is 13.1 Å². The number of Topliss-reactive ketones (excluding diaryl/α,β-unsaturated/α-hetero) is 1. The molecule has 1 aliphatic rings. The number of hydrogen-bond acceptors (Lipinski definition) is 5. The minimum atomic E-state index is -0.651. The molecule has 0 spiro atoms. The van der Waals surface area contributed by atoms with Gasteiger partial charge in [-0.2, -0.15) is 0 Å². The molecule has 1 aliphatic heterocycles. The van der Waals surface area contributed by atoms with Gasteiger partial charge in [-0.05, 0) is 36.2 Å². The minimum Gasteiger partial charge on any atom is -0.358 e. The van der Waals surface area contributed by atoms with Crippen molar-refractivity contribution in [2.24, 2.45) is 0 Å². The molecule has 2 aromatic heterocycles. The van der Waals surface area contributed by atoms with Gasteiger partial charge in [0.2, 0.25) is 0 Å². The van der Waals surface area contributed by atoms with Crippen molar-refractivity contribution in [1.29, 1.82) is 0 Å². The summed E-state index contributed by atoms with van der Waals surface area (Å²) in [6.45, 7) is 5.21. The van der Waals surface area contributed by atoms with Gasteiger partial charge in [-0.1, -0.05) is 23.7 Å². The van der Waals surface area contributed by atoms with E-state index in [4.69, 9.17) is 11.6 Å². The second kappa shape index (κ2) is 8.99. The van der Waals surface area contributed by atoms with E-state index in [1.807, 2.05) is 12.1 Å². The Bertz CT molecular complexity index is 1120. The third kappa shape index (κ3) is 4.52. The molecular formula is C23H22ClFN4O2. The summed E-state index contributed by atoms with van der Waals surface area (Å²) >= 11 is 6.04. The summed E-state index contributed by atoms with van der Waals surface area (Å²) in [6, 6.07) is 8.25. The second-order valence-corrected chi connectivity index (χ2v) is 7.95. The molecule has 1 fully saturated rings. The highest BCUT2D eigenvalue weighted by Gasteiger charge is 2.22. The van der Waals surface area contributed by atoms with E-state index in [9.17, 15) is 14.0 Å². The van der Waals surface area contributed by atoms with Gasteiger partial charge in [0.25, 0.3) is 0 Å². The van der Waals surface area contributed by atoms with Crippen molar-refractivity contribution in [3.63, 3.8) is 0 Å². The van der Waals surface area contributed by atoms with Crippen LogP contribution in [0.2, 0.25) is 5.02 Å². The van der Waals surface area contributed by atoms with Crippen LogP contribution in [0.1, 0.15) is 37.5 Å². The number of ketones is 2. The summed E-state index contributed by atoms with van der Waals surface area (Å²) in [5, 5.41) is 3.34. The Kier molecular flexibility index (Phi) is 6.15. The Morgan fingerprint density at radius 1 is 1.19 bits per heavy atom. The molecule has 4 rings (SSSR count). The highest BCUT2D eigenvalue weighted by Crippen LogP contribution is 2.25. The molecule has 1 aromatic carbocycles. The molecular weight excluding hydrogens is 419 g/mol. The fourth-order valence-corrected chi connectivity index (χ4v) is 3.81. The van der Waals surface area contributed by atoms with Crippen LogP contribution in [0.4, 0.5) is 10.2 Å². The van der Waals surface area contributed by atoms with Gasteiger partial charge in [0, 0.05) is 50.6 Å². The normalized spacial score (nSPS) is 14.0. The fourth-order valence-electron chi connectivity index (χ4n) is 3.58. The quantitative estimate of drug-likeness (QED) is 0.573. The van der Waals surface area contributed by atoms with Crippen molar-refractivity contribution in [1.82, 2.24) is 15.3 Å². The molecule has 3 heterocycles. The second-order valence-electron chi connectivity index (χ2n) is 7.55. The highest BCUT2D eigenvalue weighted by atomic mass is 35.5. The topological polar surface area (TPSA) is 78.1 Å². The molecule has 0 unspecified atom stereocenters. The lowest BCUT2D eigenvalue weighted by molar-refractivity contribution is 0.0988. The van der Waals surface area contributed by atoms with Gasteiger partial charge in [0.05, 0.1) is 16.3 Å². The molecule has 160 valence electrons. The number of nitrogens with zero attached hydrogens (tertiary/aromatic N) is 2. The number of hydrogen-bond donors (Lipinski definition) is 2. The molecule has 0 radical (unpaired) electrons. The largest absolute Gasteiger partial charge is 0.358 e. The van der Waals surface area contributed by atoms with E-state index in [1.165, 1.54) is 24.4 Å². The Labute approximate surface area is 184 Å². The summed E-state index contributed by atoms with van der Waals surface area (Å²) < 4.78 is 14.4. The Morgan fingerprint density at radius 2 is 1.97 bits per heavy atom. The highest BCUT2D eigenvalue weighted by molar-refractivity contribution is 6.35. The van der Waals surface area contributed by atoms with Crippen LogP contribution in [0.3, 0.4) is 0 Å². The lowest BCUT2D eigenvalue weighted by Gasteiger charge is -2.28. The number of pyridine rings is 1. The van der Waals surface area contributed by atoms with E-state index in [0.29, 0.717) is 5.56 Å². The minimum absolute atomic E-state index is 0.0397. The van der Waals surface area contributed by atoms with E-state index in [2.05, 4.69) is 20.2 Å². The predicted molar refractivity (Wildman–Crippen MR) is 118 cm³/mol. The first-order chi connectivity index (χ1) is 14.9. The van der Waals surface area contributed by atoms with Crippen LogP contribution in [0, 0.1) is 12.7 Å². The van der Waals surface area contributed by atoms with Crippen molar-refractivity contribution < 1.29 is 14.0 Å². The Hall–Kier alpha value is -3.03. The number of H-pyrrole nitrogens is 1. The number of rotatable bonds is 6. The van der Waals surface area contributed by atoms with Crippen LogP contribution in [0.5, 0.6) is 0 Å². The standard InChI is InChI=1S/C23H22ClFN4O2/c1-14-2-4-17(24)21(22(14)25)23(31)16-11-18(27-13-16)19(30)10-15-3-5-20(28-12-15)29-8-6-26-7-9-29/h2-5,11-13,26-27H,6-10H2,1H3. The molecule has 0 bridgehead atoms. The number of anilines is 1. The molecule has 8 heteroatoms. The number of aryl methyl sites for hydroxylation is 1. The number of nitrogens with one attached hydrogen (secondary N) is 2. The summed E-state index contributed by atoms with van der Waals surface area (Å²) in [5.74, 6) is -0.514. The zero-order valence-corrected chi connectivity index (χ0v) is 17.8. The molecule has 3 aromatic rings. The van der Waals surface area contributed by atoms with E-state index in [-0.39, 0.29) is 34.0 Å². The number of benzene rings is 1. The van der Waals surface area contributed by atoms with Crippen molar-refractivity contribution in [3.8, 4) is 0 Å². The maximum Gasteiger partial charge on any atom is 0.199 e. The number of halogens is 2. The third-order valence-corrected chi connectivity index (χ3v) is 5.69. The molecule has 1 saturated heterocycles. The summed E-state index contributed by atoms with van der Waals surface area (Å²) in [7, 11) is 0. The molecule has 0 saturated carbocycles.